The maximum atomic E-state index is 13.5. The quantitative estimate of drug-likeness (QED) is 0.490. The molecule has 0 aliphatic heterocycles. The van der Waals surface area contributed by atoms with Crippen LogP contribution in [-0.2, 0) is 6.54 Å². The van der Waals surface area contributed by atoms with Crippen molar-refractivity contribution in [2.45, 2.75) is 20.4 Å². The van der Waals surface area contributed by atoms with Gasteiger partial charge in [0.2, 0.25) is 5.89 Å². The summed E-state index contributed by atoms with van der Waals surface area (Å²) in [5, 5.41) is 13.7. The molecule has 1 N–H and O–H groups in total. The lowest BCUT2D eigenvalue weighted by Gasteiger charge is -2.06. The van der Waals surface area contributed by atoms with Gasteiger partial charge in [-0.1, -0.05) is 0 Å². The fourth-order valence-corrected chi connectivity index (χ4v) is 2.07. The monoisotopic (exact) mass is 391 g/mol. The van der Waals surface area contributed by atoms with Crippen LogP contribution < -0.4 is 5.32 Å². The Morgan fingerprint density at radius 2 is 2.20 bits per heavy atom. The number of hydrogen-bond donors (Lipinski definition) is 1. The molecule has 0 aliphatic rings. The van der Waals surface area contributed by atoms with Gasteiger partial charge in [-0.2, -0.15) is 0 Å². The number of aryl methyl sites for hydroxylation is 2. The Morgan fingerprint density at radius 3 is 2.75 bits per heavy atom. The van der Waals surface area contributed by atoms with E-state index >= 15 is 0 Å². The summed E-state index contributed by atoms with van der Waals surface area (Å²) < 4.78 is 19.1. The van der Waals surface area contributed by atoms with Crippen molar-refractivity contribution >= 4 is 34.0 Å². The third-order valence-corrected chi connectivity index (χ3v) is 3.56. The number of nitro groups is 1. The summed E-state index contributed by atoms with van der Waals surface area (Å²) in [6.45, 7) is 3.73. The molecule has 0 spiro atoms. The van der Waals surface area contributed by atoms with Gasteiger partial charge in [0, 0.05) is 12.1 Å². The molecular weight excluding hydrogens is 380 g/mol. The van der Waals surface area contributed by atoms with Gasteiger partial charge in [0.1, 0.15) is 17.3 Å². The second-order valence-electron chi connectivity index (χ2n) is 4.14. The van der Waals surface area contributed by atoms with Crippen LogP contribution in [0.4, 0.5) is 15.8 Å². The standard InChI is InChI=1S/C12H11FIN3O3/c1-6-7(2)20-12(16-6)5-15-10-3-8(13)9(14)4-11(10)17(18)19/h3-4,15H,5H2,1-2H3. The van der Waals surface area contributed by atoms with Crippen molar-refractivity contribution < 1.29 is 13.7 Å². The minimum atomic E-state index is -0.560. The summed E-state index contributed by atoms with van der Waals surface area (Å²) in [6, 6.07) is 2.28. The summed E-state index contributed by atoms with van der Waals surface area (Å²) in [5.41, 5.74) is 0.669. The molecule has 106 valence electrons. The Kier molecular flexibility index (Phi) is 4.21. The number of nitrogens with zero attached hydrogens (tertiary/aromatic N) is 2. The van der Waals surface area contributed by atoms with Crippen molar-refractivity contribution in [1.29, 1.82) is 0 Å². The summed E-state index contributed by atoms with van der Waals surface area (Å²) in [5.74, 6) is 0.566. The molecule has 0 saturated heterocycles. The Morgan fingerprint density at radius 1 is 1.50 bits per heavy atom. The van der Waals surface area contributed by atoms with Gasteiger partial charge in [0.25, 0.3) is 5.69 Å². The topological polar surface area (TPSA) is 81.2 Å². The predicted octanol–water partition coefficient (Wildman–Crippen LogP) is 3.56. The first-order valence-corrected chi connectivity index (χ1v) is 6.76. The van der Waals surface area contributed by atoms with Crippen LogP contribution in [-0.4, -0.2) is 9.91 Å². The number of halogens is 2. The van der Waals surface area contributed by atoms with E-state index in [0.29, 0.717) is 11.7 Å². The number of anilines is 1. The van der Waals surface area contributed by atoms with Gasteiger partial charge in [-0.15, -0.1) is 0 Å². The maximum absolute atomic E-state index is 13.5. The summed E-state index contributed by atoms with van der Waals surface area (Å²) in [7, 11) is 0. The Labute approximate surface area is 127 Å². The molecule has 0 saturated carbocycles. The number of hydrogen-bond acceptors (Lipinski definition) is 5. The van der Waals surface area contributed by atoms with Crippen molar-refractivity contribution in [3.05, 3.63) is 49.0 Å². The van der Waals surface area contributed by atoms with E-state index in [0.717, 1.165) is 11.8 Å². The number of oxazole rings is 1. The highest BCUT2D eigenvalue weighted by Crippen LogP contribution is 2.29. The second kappa shape index (κ2) is 5.73. The average Bonchev–Trinajstić information content (AvgIpc) is 2.69. The summed E-state index contributed by atoms with van der Waals surface area (Å²) >= 11 is 1.71. The molecule has 0 fully saturated rings. The lowest BCUT2D eigenvalue weighted by molar-refractivity contribution is -0.384. The Hall–Kier alpha value is -1.71. The lowest BCUT2D eigenvalue weighted by atomic mass is 10.2. The van der Waals surface area contributed by atoms with Gasteiger partial charge in [0.15, 0.2) is 0 Å². The first kappa shape index (κ1) is 14.7. The maximum Gasteiger partial charge on any atom is 0.293 e. The van der Waals surface area contributed by atoms with E-state index in [-0.39, 0.29) is 21.5 Å². The SMILES string of the molecule is Cc1nc(CNc2cc(F)c(I)cc2[N+](=O)[O-])oc1C. The molecular formula is C12H11FIN3O3. The fourth-order valence-electron chi connectivity index (χ4n) is 1.61. The third-order valence-electron chi connectivity index (χ3n) is 2.74. The molecule has 8 heteroatoms. The molecule has 20 heavy (non-hydrogen) atoms. The molecule has 1 aromatic carbocycles. The van der Waals surface area contributed by atoms with Crippen LogP contribution in [0.25, 0.3) is 0 Å². The van der Waals surface area contributed by atoms with Crippen LogP contribution in [0.2, 0.25) is 0 Å². The average molecular weight is 391 g/mol. The third kappa shape index (κ3) is 3.06. The van der Waals surface area contributed by atoms with E-state index in [4.69, 9.17) is 4.42 Å². The second-order valence-corrected chi connectivity index (χ2v) is 5.31. The zero-order valence-electron chi connectivity index (χ0n) is 10.7. The van der Waals surface area contributed by atoms with Gasteiger partial charge in [-0.3, -0.25) is 10.1 Å². The zero-order valence-corrected chi connectivity index (χ0v) is 12.9. The molecule has 1 heterocycles. The van der Waals surface area contributed by atoms with E-state index in [1.807, 2.05) is 0 Å². The van der Waals surface area contributed by atoms with Crippen molar-refractivity contribution in [2.24, 2.45) is 0 Å². The molecule has 0 unspecified atom stereocenters. The van der Waals surface area contributed by atoms with Gasteiger partial charge in [-0.05, 0) is 36.4 Å². The highest BCUT2D eigenvalue weighted by Gasteiger charge is 2.18. The normalized spacial score (nSPS) is 10.6. The van der Waals surface area contributed by atoms with Crippen LogP contribution >= 0.6 is 22.6 Å². The van der Waals surface area contributed by atoms with Crippen LogP contribution in [0, 0.1) is 33.3 Å². The number of nitrogens with one attached hydrogen (secondary N) is 1. The molecule has 1 aromatic heterocycles. The summed E-state index contributed by atoms with van der Waals surface area (Å²) in [6.07, 6.45) is 0. The van der Waals surface area contributed by atoms with Crippen molar-refractivity contribution in [2.75, 3.05) is 5.32 Å². The lowest BCUT2D eigenvalue weighted by Crippen LogP contribution is -2.04. The van der Waals surface area contributed by atoms with Crippen molar-refractivity contribution in [3.8, 4) is 0 Å². The first-order chi connectivity index (χ1) is 9.38. The van der Waals surface area contributed by atoms with Crippen molar-refractivity contribution in [3.63, 3.8) is 0 Å². The number of aromatic nitrogens is 1. The molecule has 0 atom stereocenters. The van der Waals surface area contributed by atoms with Crippen LogP contribution in [0.3, 0.4) is 0 Å². The van der Waals surface area contributed by atoms with Crippen LogP contribution in [0.15, 0.2) is 16.5 Å². The van der Waals surface area contributed by atoms with E-state index in [2.05, 4.69) is 10.3 Å². The van der Waals surface area contributed by atoms with E-state index in [1.165, 1.54) is 6.07 Å². The minimum absolute atomic E-state index is 0.0985. The highest BCUT2D eigenvalue weighted by molar-refractivity contribution is 14.1. The van der Waals surface area contributed by atoms with Gasteiger partial charge in [0.05, 0.1) is 20.7 Å². The summed E-state index contributed by atoms with van der Waals surface area (Å²) in [4.78, 5) is 14.5. The highest BCUT2D eigenvalue weighted by atomic mass is 127. The molecule has 0 bridgehead atoms. The van der Waals surface area contributed by atoms with E-state index < -0.39 is 10.7 Å². The van der Waals surface area contributed by atoms with Gasteiger partial charge < -0.3 is 9.73 Å². The van der Waals surface area contributed by atoms with E-state index in [1.54, 1.807) is 36.4 Å². The molecule has 0 amide bonds. The molecule has 6 nitrogen and oxygen atoms in total. The molecule has 2 rings (SSSR count). The Balaban J connectivity index is 2.24. The van der Waals surface area contributed by atoms with Crippen LogP contribution in [0.5, 0.6) is 0 Å². The minimum Gasteiger partial charge on any atom is -0.444 e. The number of nitro benzene ring substituents is 1. The zero-order chi connectivity index (χ0) is 14.9. The van der Waals surface area contributed by atoms with Gasteiger partial charge in [-0.25, -0.2) is 9.37 Å². The van der Waals surface area contributed by atoms with E-state index in [9.17, 15) is 14.5 Å². The molecule has 2 aromatic rings. The van der Waals surface area contributed by atoms with Crippen molar-refractivity contribution in [1.82, 2.24) is 4.98 Å². The molecule has 0 aliphatic carbocycles. The predicted molar refractivity (Wildman–Crippen MR) is 79.1 cm³/mol. The first-order valence-electron chi connectivity index (χ1n) is 5.68. The molecule has 0 radical (unpaired) electrons. The smallest absolute Gasteiger partial charge is 0.293 e. The Bertz CT molecular complexity index is 653. The number of benzene rings is 1. The largest absolute Gasteiger partial charge is 0.444 e. The van der Waals surface area contributed by atoms with Gasteiger partial charge >= 0.3 is 0 Å². The van der Waals surface area contributed by atoms with Crippen LogP contribution in [0.1, 0.15) is 17.3 Å². The fraction of sp³-hybridized carbons (Fsp3) is 0.250. The number of rotatable bonds is 4.